The third-order valence-corrected chi connectivity index (χ3v) is 1.94. The standard InChI is InChI=1S/C6H9NO2S/c1-4-7-5(3-10-4)6(9)2-8/h3,6,8-9H,2H2,1H3. The van der Waals surface area contributed by atoms with Crippen molar-refractivity contribution in [2.24, 2.45) is 0 Å². The molecular formula is C6H9NO2S. The number of aliphatic hydroxyl groups is 2. The Hall–Kier alpha value is -0.450. The Labute approximate surface area is 63.0 Å². The van der Waals surface area contributed by atoms with E-state index in [0.29, 0.717) is 5.69 Å². The number of rotatable bonds is 2. The van der Waals surface area contributed by atoms with Gasteiger partial charge in [0.05, 0.1) is 17.3 Å². The SMILES string of the molecule is Cc1nc(C(O)CO)cs1. The van der Waals surface area contributed by atoms with Gasteiger partial charge in [0.15, 0.2) is 0 Å². The van der Waals surface area contributed by atoms with Gasteiger partial charge in [-0.1, -0.05) is 0 Å². The van der Waals surface area contributed by atoms with E-state index in [9.17, 15) is 0 Å². The number of aryl methyl sites for hydroxylation is 1. The van der Waals surface area contributed by atoms with Gasteiger partial charge in [-0.25, -0.2) is 4.98 Å². The van der Waals surface area contributed by atoms with E-state index >= 15 is 0 Å². The fourth-order valence-electron chi connectivity index (χ4n) is 0.627. The van der Waals surface area contributed by atoms with E-state index < -0.39 is 6.10 Å². The first-order valence-corrected chi connectivity index (χ1v) is 3.83. The summed E-state index contributed by atoms with van der Waals surface area (Å²) < 4.78 is 0. The van der Waals surface area contributed by atoms with E-state index in [2.05, 4.69) is 4.98 Å². The lowest BCUT2D eigenvalue weighted by atomic mass is 10.3. The average molecular weight is 159 g/mol. The Kier molecular flexibility index (Phi) is 2.37. The number of thiazole rings is 1. The van der Waals surface area contributed by atoms with Gasteiger partial charge in [0.1, 0.15) is 6.10 Å². The molecule has 3 nitrogen and oxygen atoms in total. The zero-order chi connectivity index (χ0) is 7.56. The van der Waals surface area contributed by atoms with E-state index in [1.54, 1.807) is 5.38 Å². The van der Waals surface area contributed by atoms with Gasteiger partial charge in [-0.15, -0.1) is 11.3 Å². The Morgan fingerprint density at radius 1 is 1.80 bits per heavy atom. The summed E-state index contributed by atoms with van der Waals surface area (Å²) in [6.45, 7) is 1.60. The smallest absolute Gasteiger partial charge is 0.120 e. The van der Waals surface area contributed by atoms with Crippen LogP contribution >= 0.6 is 11.3 Å². The highest BCUT2D eigenvalue weighted by molar-refractivity contribution is 7.09. The van der Waals surface area contributed by atoms with E-state index in [1.807, 2.05) is 6.92 Å². The van der Waals surface area contributed by atoms with Crippen molar-refractivity contribution < 1.29 is 10.2 Å². The molecule has 10 heavy (non-hydrogen) atoms. The molecule has 0 aromatic carbocycles. The van der Waals surface area contributed by atoms with Gasteiger partial charge in [0, 0.05) is 5.38 Å². The maximum Gasteiger partial charge on any atom is 0.120 e. The molecule has 1 aromatic heterocycles. The summed E-state index contributed by atoms with van der Waals surface area (Å²) in [5, 5.41) is 20.2. The molecule has 0 amide bonds. The molecule has 1 rings (SSSR count). The normalized spacial score (nSPS) is 13.5. The monoisotopic (exact) mass is 159 g/mol. The molecule has 0 saturated heterocycles. The minimum absolute atomic E-state index is 0.261. The van der Waals surface area contributed by atoms with Gasteiger partial charge in [-0.2, -0.15) is 0 Å². The van der Waals surface area contributed by atoms with E-state index in [0.717, 1.165) is 5.01 Å². The number of nitrogens with zero attached hydrogens (tertiary/aromatic N) is 1. The Morgan fingerprint density at radius 2 is 2.50 bits per heavy atom. The van der Waals surface area contributed by atoms with Crippen molar-refractivity contribution in [2.45, 2.75) is 13.0 Å². The summed E-state index contributed by atoms with van der Waals surface area (Å²) in [7, 11) is 0. The van der Waals surface area contributed by atoms with Crippen LogP contribution in [0.5, 0.6) is 0 Å². The zero-order valence-corrected chi connectivity index (χ0v) is 6.43. The number of aromatic nitrogens is 1. The second-order valence-corrected chi connectivity index (χ2v) is 3.05. The lowest BCUT2D eigenvalue weighted by Crippen LogP contribution is -2.02. The highest BCUT2D eigenvalue weighted by atomic mass is 32.1. The van der Waals surface area contributed by atoms with Crippen molar-refractivity contribution in [1.29, 1.82) is 0 Å². The van der Waals surface area contributed by atoms with Crippen LogP contribution in [0.3, 0.4) is 0 Å². The molecule has 0 fully saturated rings. The molecule has 1 atom stereocenters. The van der Waals surface area contributed by atoms with Gasteiger partial charge in [0.25, 0.3) is 0 Å². The summed E-state index contributed by atoms with van der Waals surface area (Å²) in [6.07, 6.45) is -0.815. The fourth-order valence-corrected chi connectivity index (χ4v) is 1.29. The number of hydrogen-bond donors (Lipinski definition) is 2. The second-order valence-electron chi connectivity index (χ2n) is 1.99. The van der Waals surface area contributed by atoms with Crippen molar-refractivity contribution in [3.8, 4) is 0 Å². The third kappa shape index (κ3) is 1.53. The van der Waals surface area contributed by atoms with Gasteiger partial charge in [-0.3, -0.25) is 0 Å². The van der Waals surface area contributed by atoms with Crippen LogP contribution < -0.4 is 0 Å². The van der Waals surface area contributed by atoms with Crippen LogP contribution in [0, 0.1) is 6.92 Å². The average Bonchev–Trinajstić information content (AvgIpc) is 2.34. The molecule has 0 radical (unpaired) electrons. The predicted molar refractivity (Wildman–Crippen MR) is 38.9 cm³/mol. The summed E-state index contributed by atoms with van der Waals surface area (Å²) >= 11 is 1.47. The summed E-state index contributed by atoms with van der Waals surface area (Å²) in [4.78, 5) is 3.99. The fraction of sp³-hybridized carbons (Fsp3) is 0.500. The maximum atomic E-state index is 9.04. The van der Waals surface area contributed by atoms with Gasteiger partial charge in [0.2, 0.25) is 0 Å². The van der Waals surface area contributed by atoms with Crippen LogP contribution in [0.1, 0.15) is 16.8 Å². The molecule has 0 aliphatic carbocycles. The molecule has 1 heterocycles. The Morgan fingerprint density at radius 3 is 2.90 bits per heavy atom. The largest absolute Gasteiger partial charge is 0.393 e. The van der Waals surface area contributed by atoms with Crippen LogP contribution in [0.25, 0.3) is 0 Å². The number of aliphatic hydroxyl groups excluding tert-OH is 2. The topological polar surface area (TPSA) is 53.4 Å². The molecule has 2 N–H and O–H groups in total. The van der Waals surface area contributed by atoms with Crippen molar-refractivity contribution in [2.75, 3.05) is 6.61 Å². The summed E-state index contributed by atoms with van der Waals surface area (Å²) in [5.74, 6) is 0. The molecular weight excluding hydrogens is 150 g/mol. The highest BCUT2D eigenvalue weighted by Gasteiger charge is 2.07. The van der Waals surface area contributed by atoms with E-state index in [-0.39, 0.29) is 6.61 Å². The quantitative estimate of drug-likeness (QED) is 0.659. The van der Waals surface area contributed by atoms with Crippen LogP contribution in [-0.2, 0) is 0 Å². The predicted octanol–water partition coefficient (Wildman–Crippen LogP) is 0.477. The van der Waals surface area contributed by atoms with E-state index in [4.69, 9.17) is 10.2 Å². The first kappa shape index (κ1) is 7.65. The molecule has 0 spiro atoms. The van der Waals surface area contributed by atoms with Crippen molar-refractivity contribution in [3.63, 3.8) is 0 Å². The Bertz CT molecular complexity index is 211. The molecule has 0 bridgehead atoms. The third-order valence-electron chi connectivity index (χ3n) is 1.15. The molecule has 0 aliphatic heterocycles. The van der Waals surface area contributed by atoms with Crippen molar-refractivity contribution in [3.05, 3.63) is 16.1 Å². The first-order chi connectivity index (χ1) is 4.74. The Balaban J connectivity index is 2.74. The summed E-state index contributed by atoms with van der Waals surface area (Å²) in [5.41, 5.74) is 0.560. The van der Waals surface area contributed by atoms with Crippen LogP contribution in [0.4, 0.5) is 0 Å². The van der Waals surface area contributed by atoms with Gasteiger partial charge >= 0.3 is 0 Å². The van der Waals surface area contributed by atoms with Gasteiger partial charge in [-0.05, 0) is 6.92 Å². The molecule has 0 aliphatic rings. The van der Waals surface area contributed by atoms with Crippen molar-refractivity contribution >= 4 is 11.3 Å². The molecule has 56 valence electrons. The van der Waals surface area contributed by atoms with Crippen LogP contribution in [0.15, 0.2) is 5.38 Å². The first-order valence-electron chi connectivity index (χ1n) is 2.95. The summed E-state index contributed by atoms with van der Waals surface area (Å²) in [6, 6.07) is 0. The van der Waals surface area contributed by atoms with Gasteiger partial charge < -0.3 is 10.2 Å². The van der Waals surface area contributed by atoms with Crippen LogP contribution in [-0.4, -0.2) is 21.8 Å². The number of hydrogen-bond acceptors (Lipinski definition) is 4. The molecule has 1 aromatic rings. The van der Waals surface area contributed by atoms with Crippen molar-refractivity contribution in [1.82, 2.24) is 4.98 Å². The van der Waals surface area contributed by atoms with Crippen LogP contribution in [0.2, 0.25) is 0 Å². The molecule has 1 unspecified atom stereocenters. The second kappa shape index (κ2) is 3.09. The minimum Gasteiger partial charge on any atom is -0.393 e. The molecule has 0 saturated carbocycles. The lowest BCUT2D eigenvalue weighted by Gasteiger charge is -2.00. The zero-order valence-electron chi connectivity index (χ0n) is 5.61. The lowest BCUT2D eigenvalue weighted by molar-refractivity contribution is 0.0927. The maximum absolute atomic E-state index is 9.04. The molecule has 4 heteroatoms. The van der Waals surface area contributed by atoms with E-state index in [1.165, 1.54) is 11.3 Å². The highest BCUT2D eigenvalue weighted by Crippen LogP contribution is 2.14. The minimum atomic E-state index is -0.815.